The highest BCUT2D eigenvalue weighted by Crippen LogP contribution is 2.20. The van der Waals surface area contributed by atoms with Gasteiger partial charge in [-0.1, -0.05) is 20.4 Å². The summed E-state index contributed by atoms with van der Waals surface area (Å²) >= 11 is 0. The molecular weight excluding hydrogens is 140 g/mol. The summed E-state index contributed by atoms with van der Waals surface area (Å²) in [5, 5.41) is 0. The minimum Gasteiger partial charge on any atom is -0.456 e. The van der Waals surface area contributed by atoms with E-state index in [1.807, 2.05) is 27.7 Å². The fraction of sp³-hybridized carbons (Fsp3) is 0.667. The molecule has 0 aromatic carbocycles. The van der Waals surface area contributed by atoms with Gasteiger partial charge in [-0.3, -0.25) is 0 Å². The molecule has 0 N–H and O–H groups in total. The third kappa shape index (κ3) is 3.21. The van der Waals surface area contributed by atoms with Crippen LogP contribution < -0.4 is 0 Å². The van der Waals surface area contributed by atoms with E-state index in [4.69, 9.17) is 4.74 Å². The smallest absolute Gasteiger partial charge is 0.330 e. The Morgan fingerprint density at radius 2 is 2.00 bits per heavy atom. The molecule has 0 aliphatic rings. The van der Waals surface area contributed by atoms with Crippen molar-refractivity contribution in [2.75, 3.05) is 0 Å². The second-order valence-electron chi connectivity index (χ2n) is 3.38. The van der Waals surface area contributed by atoms with Crippen LogP contribution in [0.15, 0.2) is 12.7 Å². The zero-order chi connectivity index (χ0) is 9.07. The second kappa shape index (κ2) is 3.56. The van der Waals surface area contributed by atoms with Crippen LogP contribution in [0.1, 0.15) is 27.7 Å². The Morgan fingerprint density at radius 3 is 2.27 bits per heavy atom. The number of hydrogen-bond donors (Lipinski definition) is 0. The first-order valence-corrected chi connectivity index (χ1v) is 3.75. The standard InChI is InChI=1S/C9H16O2/c1-6-8(10)11-9(4,5)7(2)3/h6-7H,1H2,2-5H3. The summed E-state index contributed by atoms with van der Waals surface area (Å²) in [5.41, 5.74) is -0.398. The van der Waals surface area contributed by atoms with Gasteiger partial charge in [0.1, 0.15) is 5.60 Å². The summed E-state index contributed by atoms with van der Waals surface area (Å²) in [5.74, 6) is -0.0462. The molecule has 0 saturated carbocycles. The maximum atomic E-state index is 10.8. The van der Waals surface area contributed by atoms with Crippen molar-refractivity contribution < 1.29 is 9.53 Å². The molecule has 0 rings (SSSR count). The Morgan fingerprint density at radius 1 is 1.55 bits per heavy atom. The number of ether oxygens (including phenoxy) is 1. The second-order valence-corrected chi connectivity index (χ2v) is 3.38. The molecule has 2 heteroatoms. The van der Waals surface area contributed by atoms with Crippen LogP contribution in [0.5, 0.6) is 0 Å². The Bertz CT molecular complexity index is 157. The van der Waals surface area contributed by atoms with Crippen LogP contribution in [0.2, 0.25) is 0 Å². The van der Waals surface area contributed by atoms with E-state index in [0.29, 0.717) is 5.92 Å². The van der Waals surface area contributed by atoms with Crippen LogP contribution in [-0.2, 0) is 9.53 Å². The lowest BCUT2D eigenvalue weighted by Gasteiger charge is -2.28. The molecule has 0 aliphatic heterocycles. The van der Waals surface area contributed by atoms with Crippen molar-refractivity contribution in [1.29, 1.82) is 0 Å². The fourth-order valence-corrected chi connectivity index (χ4v) is 0.419. The molecule has 0 aromatic heterocycles. The summed E-state index contributed by atoms with van der Waals surface area (Å²) in [7, 11) is 0. The number of rotatable bonds is 3. The summed E-state index contributed by atoms with van der Waals surface area (Å²) in [4.78, 5) is 10.8. The Balaban J connectivity index is 4.11. The maximum absolute atomic E-state index is 10.8. The Hall–Kier alpha value is -0.790. The maximum Gasteiger partial charge on any atom is 0.330 e. The molecule has 0 atom stereocenters. The van der Waals surface area contributed by atoms with Crippen LogP contribution in [0.4, 0.5) is 0 Å². The number of carbonyl (C=O) groups is 1. The topological polar surface area (TPSA) is 26.3 Å². The van der Waals surface area contributed by atoms with E-state index in [1.165, 1.54) is 6.08 Å². The predicted octanol–water partition coefficient (Wildman–Crippen LogP) is 2.15. The molecule has 0 fully saturated rings. The minimum atomic E-state index is -0.398. The summed E-state index contributed by atoms with van der Waals surface area (Å²) in [6.07, 6.45) is 1.18. The normalized spacial score (nSPS) is 11.4. The first kappa shape index (κ1) is 10.2. The van der Waals surface area contributed by atoms with E-state index < -0.39 is 5.60 Å². The van der Waals surface area contributed by atoms with Crippen molar-refractivity contribution >= 4 is 5.97 Å². The molecule has 0 aromatic rings. The molecule has 0 bridgehead atoms. The molecular formula is C9H16O2. The van der Waals surface area contributed by atoms with Crippen molar-refractivity contribution in [2.24, 2.45) is 5.92 Å². The molecule has 2 nitrogen and oxygen atoms in total. The number of hydrogen-bond acceptors (Lipinski definition) is 2. The summed E-state index contributed by atoms with van der Waals surface area (Å²) in [6.45, 7) is 11.1. The van der Waals surface area contributed by atoms with Gasteiger partial charge >= 0.3 is 5.97 Å². The molecule has 0 aliphatic carbocycles. The average Bonchev–Trinajstić information content (AvgIpc) is 1.86. The highest BCUT2D eigenvalue weighted by Gasteiger charge is 2.25. The van der Waals surface area contributed by atoms with Crippen LogP contribution in [-0.4, -0.2) is 11.6 Å². The van der Waals surface area contributed by atoms with E-state index in [2.05, 4.69) is 6.58 Å². The molecule has 0 heterocycles. The van der Waals surface area contributed by atoms with Crippen molar-refractivity contribution in [3.63, 3.8) is 0 Å². The van der Waals surface area contributed by atoms with Gasteiger partial charge in [-0.15, -0.1) is 0 Å². The van der Waals surface area contributed by atoms with Gasteiger partial charge in [0.05, 0.1) is 0 Å². The highest BCUT2D eigenvalue weighted by atomic mass is 16.6. The van der Waals surface area contributed by atoms with E-state index in [9.17, 15) is 4.79 Å². The minimum absolute atomic E-state index is 0.311. The van der Waals surface area contributed by atoms with Gasteiger partial charge < -0.3 is 4.74 Å². The van der Waals surface area contributed by atoms with E-state index >= 15 is 0 Å². The third-order valence-electron chi connectivity index (χ3n) is 1.92. The van der Waals surface area contributed by atoms with Crippen molar-refractivity contribution in [3.8, 4) is 0 Å². The monoisotopic (exact) mass is 156 g/mol. The van der Waals surface area contributed by atoms with E-state index in [-0.39, 0.29) is 5.97 Å². The lowest BCUT2D eigenvalue weighted by molar-refractivity contribution is -0.154. The van der Waals surface area contributed by atoms with Gasteiger partial charge in [0.15, 0.2) is 0 Å². The van der Waals surface area contributed by atoms with Crippen molar-refractivity contribution in [1.82, 2.24) is 0 Å². The SMILES string of the molecule is C=CC(=O)OC(C)(C)C(C)C. The summed E-state index contributed by atoms with van der Waals surface area (Å²) in [6, 6.07) is 0. The fourth-order valence-electron chi connectivity index (χ4n) is 0.419. The van der Waals surface area contributed by atoms with Crippen LogP contribution in [0.25, 0.3) is 0 Å². The summed E-state index contributed by atoms with van der Waals surface area (Å²) < 4.78 is 5.09. The van der Waals surface area contributed by atoms with Crippen molar-refractivity contribution in [2.45, 2.75) is 33.3 Å². The molecule has 0 unspecified atom stereocenters. The number of carbonyl (C=O) groups excluding carboxylic acids is 1. The van der Waals surface area contributed by atoms with Crippen LogP contribution >= 0.6 is 0 Å². The third-order valence-corrected chi connectivity index (χ3v) is 1.92. The van der Waals surface area contributed by atoms with Crippen LogP contribution in [0, 0.1) is 5.92 Å². The van der Waals surface area contributed by atoms with Crippen LogP contribution in [0.3, 0.4) is 0 Å². The van der Waals surface area contributed by atoms with E-state index in [1.54, 1.807) is 0 Å². The first-order chi connectivity index (χ1) is 4.90. The first-order valence-electron chi connectivity index (χ1n) is 3.75. The van der Waals surface area contributed by atoms with Gasteiger partial charge in [0, 0.05) is 6.08 Å². The van der Waals surface area contributed by atoms with Gasteiger partial charge in [-0.2, -0.15) is 0 Å². The molecule has 64 valence electrons. The quantitative estimate of drug-likeness (QED) is 0.462. The zero-order valence-electron chi connectivity index (χ0n) is 7.68. The predicted molar refractivity (Wildman–Crippen MR) is 45.2 cm³/mol. The average molecular weight is 156 g/mol. The lowest BCUT2D eigenvalue weighted by Crippen LogP contribution is -2.32. The van der Waals surface area contributed by atoms with Gasteiger partial charge in [0.2, 0.25) is 0 Å². The Labute approximate surface area is 68.2 Å². The van der Waals surface area contributed by atoms with Gasteiger partial charge in [0.25, 0.3) is 0 Å². The molecule has 0 radical (unpaired) electrons. The highest BCUT2D eigenvalue weighted by molar-refractivity contribution is 5.81. The van der Waals surface area contributed by atoms with E-state index in [0.717, 1.165) is 0 Å². The lowest BCUT2D eigenvalue weighted by atomic mass is 9.95. The van der Waals surface area contributed by atoms with Gasteiger partial charge in [-0.25, -0.2) is 4.79 Å². The Kier molecular flexibility index (Phi) is 3.30. The molecule has 0 amide bonds. The van der Waals surface area contributed by atoms with Crippen molar-refractivity contribution in [3.05, 3.63) is 12.7 Å². The zero-order valence-corrected chi connectivity index (χ0v) is 7.68. The van der Waals surface area contributed by atoms with Gasteiger partial charge in [-0.05, 0) is 19.8 Å². The number of esters is 1. The molecule has 0 saturated heterocycles. The molecule has 0 spiro atoms. The molecule has 11 heavy (non-hydrogen) atoms. The largest absolute Gasteiger partial charge is 0.456 e.